The maximum atomic E-state index is 13.4. The van der Waals surface area contributed by atoms with Crippen molar-refractivity contribution in [3.05, 3.63) is 60.4 Å². The van der Waals surface area contributed by atoms with Crippen LogP contribution < -0.4 is 4.90 Å². The highest BCUT2D eigenvalue weighted by molar-refractivity contribution is 7.89. The number of carbonyl (C=O) groups is 1. The zero-order valence-corrected chi connectivity index (χ0v) is 20.3. The number of fused-ring (bicyclic) bond motifs is 2. The molecule has 182 valence electrons. The van der Waals surface area contributed by atoms with Crippen LogP contribution in [0.2, 0.25) is 0 Å². The number of piperidine rings is 2. The van der Waals surface area contributed by atoms with E-state index in [-0.39, 0.29) is 29.8 Å². The number of halogens is 1. The van der Waals surface area contributed by atoms with E-state index in [1.54, 1.807) is 52.5 Å². The number of hydrogen-bond acceptors (Lipinski definition) is 4. The Morgan fingerprint density at radius 3 is 2.03 bits per heavy atom. The van der Waals surface area contributed by atoms with Crippen molar-refractivity contribution in [3.8, 4) is 0 Å². The molecule has 0 spiro atoms. The Morgan fingerprint density at radius 2 is 1.47 bits per heavy atom. The molecule has 0 N–H and O–H groups in total. The first kappa shape index (κ1) is 23.5. The maximum Gasteiger partial charge on any atom is 0.243 e. The summed E-state index contributed by atoms with van der Waals surface area (Å²) in [5.41, 5.74) is 0.741. The molecule has 5 rings (SSSR count). The molecular formula is C26H32FN3O3S. The smallest absolute Gasteiger partial charge is 0.243 e. The topological polar surface area (TPSA) is 60.9 Å². The predicted octanol–water partition coefficient (Wildman–Crippen LogP) is 4.03. The molecule has 2 unspecified atom stereocenters. The fourth-order valence-electron chi connectivity index (χ4n) is 6.27. The van der Waals surface area contributed by atoms with Crippen LogP contribution in [0.1, 0.15) is 45.4 Å². The molecule has 1 amide bonds. The highest BCUT2D eigenvalue weighted by Crippen LogP contribution is 2.42. The van der Waals surface area contributed by atoms with E-state index in [0.29, 0.717) is 10.9 Å². The van der Waals surface area contributed by atoms with Crippen LogP contribution in [0.5, 0.6) is 0 Å². The van der Waals surface area contributed by atoms with E-state index in [1.165, 1.54) is 12.1 Å². The van der Waals surface area contributed by atoms with Gasteiger partial charge in [0, 0.05) is 49.9 Å². The van der Waals surface area contributed by atoms with Gasteiger partial charge in [-0.15, -0.1) is 0 Å². The number of likely N-dealkylation sites (tertiary alicyclic amines) is 1. The monoisotopic (exact) mass is 485 g/mol. The summed E-state index contributed by atoms with van der Waals surface area (Å²) in [5, 5.41) is 0. The van der Waals surface area contributed by atoms with Crippen LogP contribution in [-0.2, 0) is 14.8 Å². The summed E-state index contributed by atoms with van der Waals surface area (Å²) in [4.78, 5) is 17.1. The van der Waals surface area contributed by atoms with Gasteiger partial charge in [0.1, 0.15) is 5.82 Å². The average molecular weight is 486 g/mol. The molecule has 2 bridgehead atoms. The molecule has 6 nitrogen and oxygen atoms in total. The van der Waals surface area contributed by atoms with E-state index in [0.717, 1.165) is 57.3 Å². The van der Waals surface area contributed by atoms with Gasteiger partial charge in [0.05, 0.1) is 4.90 Å². The highest BCUT2D eigenvalue weighted by Gasteiger charge is 2.48. The van der Waals surface area contributed by atoms with Crippen LogP contribution in [0.25, 0.3) is 0 Å². The van der Waals surface area contributed by atoms with Crippen LogP contribution >= 0.6 is 0 Å². The lowest BCUT2D eigenvalue weighted by Gasteiger charge is -2.46. The standard InChI is InChI=1S/C26H32FN3O3S/c1-19(31)29(21-9-7-20(27)8-10-21)22-13-15-28(16-14-22)25-17-23-11-12-24(18-25)30(23)34(32,33)26-5-3-2-4-6-26/h2-10,22-25H,11-18H2,1H3. The van der Waals surface area contributed by atoms with E-state index < -0.39 is 10.0 Å². The lowest BCUT2D eigenvalue weighted by atomic mass is 9.94. The minimum absolute atomic E-state index is 0.0254. The van der Waals surface area contributed by atoms with Gasteiger partial charge in [0.2, 0.25) is 15.9 Å². The van der Waals surface area contributed by atoms with E-state index in [1.807, 2.05) is 6.07 Å². The number of sulfonamides is 1. The first-order valence-corrected chi connectivity index (χ1v) is 13.7. The second kappa shape index (κ2) is 9.40. The molecule has 2 atom stereocenters. The normalized spacial score (nSPS) is 26.5. The summed E-state index contributed by atoms with van der Waals surface area (Å²) in [7, 11) is -3.47. The van der Waals surface area contributed by atoms with Crippen LogP contribution in [0.4, 0.5) is 10.1 Å². The summed E-state index contributed by atoms with van der Waals surface area (Å²) in [6.45, 7) is 3.33. The second-order valence-corrected chi connectivity index (χ2v) is 11.6. The number of hydrogen-bond donors (Lipinski definition) is 0. The minimum Gasteiger partial charge on any atom is -0.310 e. The molecule has 0 radical (unpaired) electrons. The third-order valence-corrected chi connectivity index (χ3v) is 9.80. The van der Waals surface area contributed by atoms with Crippen LogP contribution in [-0.4, -0.2) is 60.8 Å². The number of amides is 1. The molecule has 2 aromatic rings. The van der Waals surface area contributed by atoms with Crippen molar-refractivity contribution in [1.82, 2.24) is 9.21 Å². The molecular weight excluding hydrogens is 453 g/mol. The fourth-order valence-corrected chi connectivity index (χ4v) is 8.18. The number of anilines is 1. The van der Waals surface area contributed by atoms with Gasteiger partial charge >= 0.3 is 0 Å². The quantitative estimate of drug-likeness (QED) is 0.642. The largest absolute Gasteiger partial charge is 0.310 e. The van der Waals surface area contributed by atoms with Crippen molar-refractivity contribution < 1.29 is 17.6 Å². The van der Waals surface area contributed by atoms with Crippen molar-refractivity contribution in [2.24, 2.45) is 0 Å². The van der Waals surface area contributed by atoms with Gasteiger partial charge in [-0.3, -0.25) is 4.79 Å². The Hall–Kier alpha value is -2.29. The lowest BCUT2D eigenvalue weighted by molar-refractivity contribution is -0.117. The summed E-state index contributed by atoms with van der Waals surface area (Å²) in [6, 6.07) is 15.5. The zero-order chi connectivity index (χ0) is 23.9. The maximum absolute atomic E-state index is 13.4. The summed E-state index contributed by atoms with van der Waals surface area (Å²) < 4.78 is 41.8. The first-order chi connectivity index (χ1) is 16.3. The van der Waals surface area contributed by atoms with Crippen molar-refractivity contribution in [2.45, 2.75) is 74.5 Å². The average Bonchev–Trinajstić information content (AvgIpc) is 3.12. The van der Waals surface area contributed by atoms with Gasteiger partial charge in [-0.2, -0.15) is 4.31 Å². The fraction of sp³-hybridized carbons (Fsp3) is 0.500. The number of nitrogens with zero attached hydrogens (tertiary/aromatic N) is 3. The third-order valence-electron chi connectivity index (χ3n) is 7.78. The predicted molar refractivity (Wildman–Crippen MR) is 129 cm³/mol. The number of rotatable bonds is 5. The first-order valence-electron chi connectivity index (χ1n) is 12.2. The Labute approximate surface area is 201 Å². The van der Waals surface area contributed by atoms with E-state index in [4.69, 9.17) is 0 Å². The van der Waals surface area contributed by atoms with Crippen LogP contribution in [0.3, 0.4) is 0 Å². The second-order valence-electron chi connectivity index (χ2n) is 9.79. The lowest BCUT2D eigenvalue weighted by Crippen LogP contribution is -2.55. The highest BCUT2D eigenvalue weighted by atomic mass is 32.2. The van der Waals surface area contributed by atoms with Gasteiger partial charge in [0.25, 0.3) is 0 Å². The molecule has 0 aromatic heterocycles. The Morgan fingerprint density at radius 1 is 0.882 bits per heavy atom. The molecule has 2 aromatic carbocycles. The summed E-state index contributed by atoms with van der Waals surface area (Å²) >= 11 is 0. The van der Waals surface area contributed by atoms with Crippen LogP contribution in [0, 0.1) is 5.82 Å². The van der Waals surface area contributed by atoms with Crippen molar-refractivity contribution in [3.63, 3.8) is 0 Å². The minimum atomic E-state index is -3.47. The molecule has 0 saturated carbocycles. The SMILES string of the molecule is CC(=O)N(c1ccc(F)cc1)C1CCN(C2CC3CCC(C2)N3S(=O)(=O)c2ccccc2)CC1. The Bertz CT molecular complexity index is 1100. The third kappa shape index (κ3) is 4.39. The number of benzene rings is 2. The Balaban J connectivity index is 1.24. The molecule has 34 heavy (non-hydrogen) atoms. The van der Waals surface area contributed by atoms with Gasteiger partial charge < -0.3 is 9.80 Å². The molecule has 0 aliphatic carbocycles. The molecule has 3 saturated heterocycles. The molecule has 8 heteroatoms. The van der Waals surface area contributed by atoms with Gasteiger partial charge in [-0.05, 0) is 74.9 Å². The van der Waals surface area contributed by atoms with Crippen molar-refractivity contribution in [1.29, 1.82) is 0 Å². The van der Waals surface area contributed by atoms with Crippen LogP contribution in [0.15, 0.2) is 59.5 Å². The molecule has 3 aliphatic rings. The molecule has 3 heterocycles. The zero-order valence-electron chi connectivity index (χ0n) is 19.5. The van der Waals surface area contributed by atoms with E-state index in [2.05, 4.69) is 4.90 Å². The Kier molecular flexibility index (Phi) is 6.48. The van der Waals surface area contributed by atoms with E-state index in [9.17, 15) is 17.6 Å². The van der Waals surface area contributed by atoms with Gasteiger partial charge in [0.15, 0.2) is 0 Å². The molecule has 3 aliphatic heterocycles. The van der Waals surface area contributed by atoms with Crippen molar-refractivity contribution in [2.75, 3.05) is 18.0 Å². The molecule has 3 fully saturated rings. The summed E-state index contributed by atoms with van der Waals surface area (Å²) in [5.74, 6) is -0.333. The van der Waals surface area contributed by atoms with E-state index >= 15 is 0 Å². The number of carbonyl (C=O) groups excluding carboxylic acids is 1. The summed E-state index contributed by atoms with van der Waals surface area (Å²) in [6.07, 6.45) is 5.28. The van der Waals surface area contributed by atoms with Gasteiger partial charge in [-0.1, -0.05) is 18.2 Å². The van der Waals surface area contributed by atoms with Crippen molar-refractivity contribution >= 4 is 21.6 Å². The van der Waals surface area contributed by atoms with Gasteiger partial charge in [-0.25, -0.2) is 12.8 Å².